The summed E-state index contributed by atoms with van der Waals surface area (Å²) in [5, 5.41) is 9.00. The highest BCUT2D eigenvalue weighted by Crippen LogP contribution is 2.38. The van der Waals surface area contributed by atoms with E-state index in [1.165, 1.54) is 55.2 Å². The number of hydrogen-bond acceptors (Lipinski definition) is 3. The number of hydrogen-bond donors (Lipinski definition) is 0. The number of nitriles is 1. The van der Waals surface area contributed by atoms with Crippen molar-refractivity contribution in [2.45, 2.75) is 89.1 Å². The number of benzene rings is 3. The fourth-order valence-electron chi connectivity index (χ4n) is 6.50. The lowest BCUT2D eigenvalue weighted by Crippen LogP contribution is -2.24. The van der Waals surface area contributed by atoms with Crippen LogP contribution in [0, 0.1) is 17.2 Å². The van der Waals surface area contributed by atoms with Gasteiger partial charge in [0.2, 0.25) is 0 Å². The van der Waals surface area contributed by atoms with Crippen LogP contribution in [0.3, 0.4) is 0 Å². The molecule has 0 spiro atoms. The topological polar surface area (TPSA) is 50.1 Å². The van der Waals surface area contributed by atoms with Gasteiger partial charge in [-0.1, -0.05) is 68.3 Å². The summed E-state index contributed by atoms with van der Waals surface area (Å²) in [6.07, 6.45) is 11.8. The van der Waals surface area contributed by atoms with Crippen molar-refractivity contribution < 1.29 is 9.53 Å². The summed E-state index contributed by atoms with van der Waals surface area (Å²) in [4.78, 5) is 12.8. The van der Waals surface area contributed by atoms with Gasteiger partial charge in [-0.3, -0.25) is 0 Å². The average molecular weight is 506 g/mol. The summed E-state index contributed by atoms with van der Waals surface area (Å²) in [5.41, 5.74) is 6.37. The average Bonchev–Trinajstić information content (AvgIpc) is 2.98. The van der Waals surface area contributed by atoms with Gasteiger partial charge in [-0.25, -0.2) is 4.79 Å². The Morgan fingerprint density at radius 2 is 1.24 bits per heavy atom. The molecule has 2 fully saturated rings. The minimum atomic E-state index is -0.229. The summed E-state index contributed by atoms with van der Waals surface area (Å²) in [6, 6.07) is 27.0. The zero-order valence-electron chi connectivity index (χ0n) is 22.6. The molecule has 3 aromatic rings. The molecular weight excluding hydrogens is 466 g/mol. The van der Waals surface area contributed by atoms with Crippen LogP contribution in [0.4, 0.5) is 0 Å². The van der Waals surface area contributed by atoms with Gasteiger partial charge in [0.05, 0.1) is 17.2 Å². The van der Waals surface area contributed by atoms with Gasteiger partial charge in [0.15, 0.2) is 0 Å². The third-order valence-electron chi connectivity index (χ3n) is 8.84. The fourth-order valence-corrected chi connectivity index (χ4v) is 6.50. The molecule has 38 heavy (non-hydrogen) atoms. The largest absolute Gasteiger partial charge is 0.459 e. The molecule has 0 saturated heterocycles. The fraction of sp³-hybridized carbons (Fsp3) is 0.429. The van der Waals surface area contributed by atoms with Crippen LogP contribution in [0.15, 0.2) is 72.8 Å². The molecule has 0 unspecified atom stereocenters. The molecule has 5 rings (SSSR count). The first-order chi connectivity index (χ1) is 18.6. The van der Waals surface area contributed by atoms with Crippen LogP contribution >= 0.6 is 0 Å². The smallest absolute Gasteiger partial charge is 0.338 e. The number of nitrogens with zero attached hydrogens (tertiary/aromatic N) is 1. The monoisotopic (exact) mass is 505 g/mol. The number of carbonyl (C=O) groups excluding carboxylic acids is 1. The van der Waals surface area contributed by atoms with Crippen molar-refractivity contribution in [2.24, 2.45) is 5.92 Å². The normalized spacial score (nSPS) is 23.4. The molecule has 0 amide bonds. The minimum Gasteiger partial charge on any atom is -0.459 e. The van der Waals surface area contributed by atoms with Crippen molar-refractivity contribution in [1.29, 1.82) is 5.26 Å². The molecule has 196 valence electrons. The summed E-state index contributed by atoms with van der Waals surface area (Å²) < 4.78 is 5.87. The Labute approximate surface area is 227 Å². The third-order valence-corrected chi connectivity index (χ3v) is 8.84. The van der Waals surface area contributed by atoms with Crippen molar-refractivity contribution in [3.63, 3.8) is 0 Å². The van der Waals surface area contributed by atoms with Crippen LogP contribution in [-0.2, 0) is 4.74 Å². The Bertz CT molecular complexity index is 1220. The molecule has 2 saturated carbocycles. The number of carbonyl (C=O) groups is 1. The molecule has 3 nitrogen and oxygen atoms in total. The van der Waals surface area contributed by atoms with Crippen molar-refractivity contribution in [2.75, 3.05) is 0 Å². The summed E-state index contributed by atoms with van der Waals surface area (Å²) in [6.45, 7) is 2.30. The SMILES string of the molecule is CCCC1CCC(c2ccc(-c3ccc(C(=O)OC4CCC(c5ccc(C#N)cc5)CC4)cc3)cc2)CC1. The molecule has 2 aliphatic carbocycles. The molecule has 0 atom stereocenters. The maximum absolute atomic E-state index is 12.8. The van der Waals surface area contributed by atoms with Crippen LogP contribution < -0.4 is 0 Å². The Morgan fingerprint density at radius 1 is 0.737 bits per heavy atom. The first-order valence-electron chi connectivity index (χ1n) is 14.5. The predicted molar refractivity (Wildman–Crippen MR) is 153 cm³/mol. The number of esters is 1. The first-order valence-corrected chi connectivity index (χ1v) is 14.5. The van der Waals surface area contributed by atoms with E-state index in [4.69, 9.17) is 10.00 Å². The van der Waals surface area contributed by atoms with Gasteiger partial charge in [-0.2, -0.15) is 5.26 Å². The van der Waals surface area contributed by atoms with Crippen molar-refractivity contribution in [1.82, 2.24) is 0 Å². The Hall–Kier alpha value is -3.38. The van der Waals surface area contributed by atoms with Crippen molar-refractivity contribution in [3.05, 3.63) is 95.1 Å². The van der Waals surface area contributed by atoms with E-state index in [0.717, 1.165) is 37.2 Å². The van der Waals surface area contributed by atoms with E-state index in [1.54, 1.807) is 0 Å². The molecule has 2 aliphatic rings. The van der Waals surface area contributed by atoms with Crippen LogP contribution in [0.2, 0.25) is 0 Å². The second-order valence-corrected chi connectivity index (χ2v) is 11.3. The van der Waals surface area contributed by atoms with Gasteiger partial charge in [0.25, 0.3) is 0 Å². The molecule has 0 heterocycles. The predicted octanol–water partition coefficient (Wildman–Crippen LogP) is 9.18. The van der Waals surface area contributed by atoms with E-state index in [0.29, 0.717) is 23.0 Å². The van der Waals surface area contributed by atoms with Crippen molar-refractivity contribution in [3.8, 4) is 17.2 Å². The maximum Gasteiger partial charge on any atom is 0.338 e. The molecule has 0 aromatic heterocycles. The van der Waals surface area contributed by atoms with Gasteiger partial charge in [-0.15, -0.1) is 0 Å². The van der Waals surface area contributed by atoms with E-state index in [1.807, 2.05) is 36.4 Å². The van der Waals surface area contributed by atoms with E-state index in [-0.39, 0.29) is 12.1 Å². The minimum absolute atomic E-state index is 0.0265. The van der Waals surface area contributed by atoms with E-state index in [2.05, 4.69) is 49.4 Å². The second kappa shape index (κ2) is 12.4. The van der Waals surface area contributed by atoms with Gasteiger partial charge >= 0.3 is 5.97 Å². The highest BCUT2D eigenvalue weighted by atomic mass is 16.5. The van der Waals surface area contributed by atoms with E-state index in [9.17, 15) is 4.79 Å². The Balaban J connectivity index is 1.11. The van der Waals surface area contributed by atoms with Crippen LogP contribution in [0.5, 0.6) is 0 Å². The lowest BCUT2D eigenvalue weighted by Gasteiger charge is -2.28. The standard InChI is InChI=1S/C35H39NO2/c1-2-3-25-4-8-27(9-5-25)29-12-14-30(15-13-29)31-16-18-33(19-17-31)35(37)38-34-22-20-32(21-23-34)28-10-6-26(24-36)7-11-28/h6-7,10-19,25,27,32,34H,2-5,8-9,20-23H2,1H3. The van der Waals surface area contributed by atoms with Crippen LogP contribution in [0.25, 0.3) is 11.1 Å². The molecule has 3 aromatic carbocycles. The molecular formula is C35H39NO2. The lowest BCUT2D eigenvalue weighted by molar-refractivity contribution is 0.0195. The zero-order chi connectivity index (χ0) is 26.3. The maximum atomic E-state index is 12.8. The lowest BCUT2D eigenvalue weighted by atomic mass is 9.77. The van der Waals surface area contributed by atoms with E-state index >= 15 is 0 Å². The quantitative estimate of drug-likeness (QED) is 0.301. The third kappa shape index (κ3) is 6.36. The molecule has 3 heteroatoms. The highest BCUT2D eigenvalue weighted by molar-refractivity contribution is 5.90. The van der Waals surface area contributed by atoms with Crippen LogP contribution in [-0.4, -0.2) is 12.1 Å². The number of rotatable bonds is 7. The summed E-state index contributed by atoms with van der Waals surface area (Å²) >= 11 is 0. The zero-order valence-corrected chi connectivity index (χ0v) is 22.6. The molecule has 0 radical (unpaired) electrons. The Morgan fingerprint density at radius 3 is 1.76 bits per heavy atom. The summed E-state index contributed by atoms with van der Waals surface area (Å²) in [5.74, 6) is 1.88. The summed E-state index contributed by atoms with van der Waals surface area (Å²) in [7, 11) is 0. The number of ether oxygens (including phenoxy) is 1. The molecule has 0 N–H and O–H groups in total. The molecule has 0 bridgehead atoms. The van der Waals surface area contributed by atoms with Gasteiger partial charge in [0, 0.05) is 0 Å². The first kappa shape index (κ1) is 26.2. The Kier molecular flexibility index (Phi) is 8.59. The second-order valence-electron chi connectivity index (χ2n) is 11.3. The highest BCUT2D eigenvalue weighted by Gasteiger charge is 2.25. The molecule has 0 aliphatic heterocycles. The van der Waals surface area contributed by atoms with Gasteiger partial charge in [0.1, 0.15) is 6.10 Å². The van der Waals surface area contributed by atoms with Gasteiger partial charge < -0.3 is 4.74 Å². The van der Waals surface area contributed by atoms with Crippen LogP contribution in [0.1, 0.15) is 110 Å². The van der Waals surface area contributed by atoms with Crippen molar-refractivity contribution >= 4 is 5.97 Å². The van der Waals surface area contributed by atoms with Gasteiger partial charge in [-0.05, 0) is 116 Å². The van der Waals surface area contributed by atoms with E-state index < -0.39 is 0 Å².